The average molecular weight is 692 g/mol. The molecule has 0 N–H and O–H groups in total. The fourth-order valence-corrected chi connectivity index (χ4v) is 7.66. The Kier molecular flexibility index (Phi) is 6.79. The highest BCUT2D eigenvalue weighted by molar-refractivity contribution is 6.21. The van der Waals surface area contributed by atoms with Gasteiger partial charge in [0.2, 0.25) is 0 Å². The predicted molar refractivity (Wildman–Crippen MR) is 219 cm³/mol. The average Bonchev–Trinajstić information content (AvgIpc) is 3.82. The van der Waals surface area contributed by atoms with E-state index in [1.54, 1.807) is 0 Å². The molecule has 0 amide bonds. The molecule has 0 fully saturated rings. The summed E-state index contributed by atoms with van der Waals surface area (Å²) in [7, 11) is 0. The van der Waals surface area contributed by atoms with E-state index in [4.69, 9.17) is 23.8 Å². The summed E-state index contributed by atoms with van der Waals surface area (Å²) in [5.74, 6) is 1.72. The molecule has 11 rings (SSSR count). The summed E-state index contributed by atoms with van der Waals surface area (Å²) < 4.78 is 13.0. The number of benzene rings is 8. The van der Waals surface area contributed by atoms with Gasteiger partial charge >= 0.3 is 0 Å². The van der Waals surface area contributed by atoms with Crippen molar-refractivity contribution < 1.29 is 8.83 Å². The Labute approximate surface area is 309 Å². The maximum Gasteiger partial charge on any atom is 0.164 e. The molecular formula is C49H29N3O2. The van der Waals surface area contributed by atoms with Crippen molar-refractivity contribution in [1.29, 1.82) is 0 Å². The highest BCUT2D eigenvalue weighted by Crippen LogP contribution is 2.42. The quantitative estimate of drug-likeness (QED) is 0.180. The number of para-hydroxylation sites is 1. The zero-order chi connectivity index (χ0) is 35.6. The van der Waals surface area contributed by atoms with Gasteiger partial charge in [0.1, 0.15) is 22.3 Å². The van der Waals surface area contributed by atoms with Crippen LogP contribution in [0.2, 0.25) is 0 Å². The molecule has 0 aliphatic heterocycles. The molecule has 5 heteroatoms. The maximum absolute atomic E-state index is 6.72. The SMILES string of the molecule is c1ccc(-c2ccc(-c3ccc4oc5c6ccccc6cc(-c6nc(-c7ccccc7)nc(-c7ccc8c(c7)oc7ccccc78)n6)c5c4c3)cc2)cc1. The first-order chi connectivity index (χ1) is 26.7. The molecule has 0 unspecified atom stereocenters. The minimum absolute atomic E-state index is 0.564. The number of aromatic nitrogens is 3. The van der Waals surface area contributed by atoms with Crippen LogP contribution >= 0.6 is 0 Å². The summed E-state index contributed by atoms with van der Waals surface area (Å²) in [6, 6.07) is 60.5. The van der Waals surface area contributed by atoms with Gasteiger partial charge in [-0.05, 0) is 64.0 Å². The summed E-state index contributed by atoms with van der Waals surface area (Å²) in [6.07, 6.45) is 0. The standard InChI is InChI=1S/C49H29N3O2/c1-3-11-30(12-4-1)31-19-21-32(22-20-31)34-24-26-43-40(27-34)45-41(28-35-15-7-8-16-37(35)46(45)54-43)49-51-47(33-13-5-2-6-14-33)50-48(52-49)36-23-25-39-38-17-9-10-18-42(38)53-44(39)29-36/h1-29H. The van der Waals surface area contributed by atoms with Gasteiger partial charge < -0.3 is 8.83 Å². The van der Waals surface area contributed by atoms with E-state index in [2.05, 4.69) is 115 Å². The first-order valence-electron chi connectivity index (χ1n) is 18.0. The van der Waals surface area contributed by atoms with E-state index in [0.29, 0.717) is 17.5 Å². The molecule has 252 valence electrons. The van der Waals surface area contributed by atoms with Gasteiger partial charge in [-0.25, -0.2) is 15.0 Å². The second-order valence-corrected chi connectivity index (χ2v) is 13.6. The Balaban J connectivity index is 1.13. The molecule has 54 heavy (non-hydrogen) atoms. The summed E-state index contributed by atoms with van der Waals surface area (Å²) in [5, 5.41) is 6.19. The zero-order valence-electron chi connectivity index (χ0n) is 28.9. The molecule has 0 saturated carbocycles. The lowest BCUT2D eigenvalue weighted by molar-refractivity contribution is 0.669. The van der Waals surface area contributed by atoms with Crippen molar-refractivity contribution in [2.45, 2.75) is 0 Å². The van der Waals surface area contributed by atoms with E-state index < -0.39 is 0 Å². The normalized spacial score (nSPS) is 11.7. The van der Waals surface area contributed by atoms with E-state index >= 15 is 0 Å². The van der Waals surface area contributed by atoms with Crippen molar-refractivity contribution in [3.63, 3.8) is 0 Å². The maximum atomic E-state index is 6.72. The van der Waals surface area contributed by atoms with Crippen LogP contribution in [0.3, 0.4) is 0 Å². The van der Waals surface area contributed by atoms with Gasteiger partial charge in [0.15, 0.2) is 17.5 Å². The predicted octanol–water partition coefficient (Wildman–Crippen LogP) is 13.2. The fraction of sp³-hybridized carbons (Fsp3) is 0. The largest absolute Gasteiger partial charge is 0.456 e. The Morgan fingerprint density at radius 2 is 0.870 bits per heavy atom. The molecule has 0 aliphatic rings. The number of hydrogen-bond donors (Lipinski definition) is 0. The van der Waals surface area contributed by atoms with Crippen molar-refractivity contribution in [1.82, 2.24) is 15.0 Å². The summed E-state index contributed by atoms with van der Waals surface area (Å²) >= 11 is 0. The van der Waals surface area contributed by atoms with Crippen molar-refractivity contribution in [3.8, 4) is 56.4 Å². The van der Waals surface area contributed by atoms with Crippen LogP contribution in [-0.2, 0) is 0 Å². The number of nitrogens with zero attached hydrogens (tertiary/aromatic N) is 3. The minimum atomic E-state index is 0.564. The lowest BCUT2D eigenvalue weighted by Gasteiger charge is -2.11. The molecule has 0 bridgehead atoms. The second kappa shape index (κ2) is 12.1. The molecule has 3 heterocycles. The Morgan fingerprint density at radius 1 is 0.315 bits per heavy atom. The van der Waals surface area contributed by atoms with E-state index in [1.807, 2.05) is 60.7 Å². The van der Waals surface area contributed by atoms with Crippen LogP contribution in [-0.4, -0.2) is 15.0 Å². The third kappa shape index (κ3) is 4.98. The lowest BCUT2D eigenvalue weighted by atomic mass is 9.96. The monoisotopic (exact) mass is 691 g/mol. The topological polar surface area (TPSA) is 65.0 Å². The smallest absolute Gasteiger partial charge is 0.164 e. The first kappa shape index (κ1) is 30.3. The van der Waals surface area contributed by atoms with Crippen LogP contribution in [0, 0.1) is 0 Å². The van der Waals surface area contributed by atoms with Crippen LogP contribution in [0.5, 0.6) is 0 Å². The van der Waals surface area contributed by atoms with Crippen molar-refractivity contribution >= 4 is 54.6 Å². The molecule has 0 saturated heterocycles. The molecule has 0 spiro atoms. The molecule has 3 aromatic heterocycles. The van der Waals surface area contributed by atoms with Crippen LogP contribution in [0.15, 0.2) is 185 Å². The molecule has 5 nitrogen and oxygen atoms in total. The van der Waals surface area contributed by atoms with Crippen molar-refractivity contribution in [3.05, 3.63) is 176 Å². The molecule has 11 aromatic rings. The number of rotatable bonds is 5. The van der Waals surface area contributed by atoms with Crippen LogP contribution in [0.25, 0.3) is 111 Å². The number of fused-ring (bicyclic) bond motifs is 8. The molecule has 0 aliphatic carbocycles. The zero-order valence-corrected chi connectivity index (χ0v) is 28.9. The Morgan fingerprint density at radius 3 is 1.67 bits per heavy atom. The van der Waals surface area contributed by atoms with Crippen LogP contribution in [0.4, 0.5) is 0 Å². The van der Waals surface area contributed by atoms with Gasteiger partial charge in [-0.15, -0.1) is 0 Å². The lowest BCUT2D eigenvalue weighted by Crippen LogP contribution is -2.00. The highest BCUT2D eigenvalue weighted by atomic mass is 16.3. The van der Waals surface area contributed by atoms with Gasteiger partial charge in [-0.3, -0.25) is 0 Å². The van der Waals surface area contributed by atoms with Gasteiger partial charge in [0, 0.05) is 43.6 Å². The third-order valence-corrected chi connectivity index (χ3v) is 10.3. The van der Waals surface area contributed by atoms with Crippen molar-refractivity contribution in [2.24, 2.45) is 0 Å². The molecule has 0 radical (unpaired) electrons. The minimum Gasteiger partial charge on any atom is -0.456 e. The highest BCUT2D eigenvalue weighted by Gasteiger charge is 2.21. The van der Waals surface area contributed by atoms with Crippen molar-refractivity contribution in [2.75, 3.05) is 0 Å². The third-order valence-electron chi connectivity index (χ3n) is 10.3. The van der Waals surface area contributed by atoms with Gasteiger partial charge in [-0.2, -0.15) is 0 Å². The molecule has 8 aromatic carbocycles. The summed E-state index contributed by atoms with van der Waals surface area (Å²) in [5.41, 5.74) is 10.5. The number of hydrogen-bond acceptors (Lipinski definition) is 5. The van der Waals surface area contributed by atoms with Gasteiger partial charge in [-0.1, -0.05) is 140 Å². The molecular weight excluding hydrogens is 663 g/mol. The first-order valence-corrected chi connectivity index (χ1v) is 18.0. The molecule has 0 atom stereocenters. The van der Waals surface area contributed by atoms with Gasteiger partial charge in [0.05, 0.1) is 0 Å². The Bertz CT molecular complexity index is 3200. The second-order valence-electron chi connectivity index (χ2n) is 13.6. The number of furan rings is 2. The van der Waals surface area contributed by atoms with Crippen LogP contribution in [0.1, 0.15) is 0 Å². The fourth-order valence-electron chi connectivity index (χ4n) is 7.66. The van der Waals surface area contributed by atoms with Crippen LogP contribution < -0.4 is 0 Å². The Hall–Kier alpha value is -7.37. The van der Waals surface area contributed by atoms with E-state index in [1.165, 1.54) is 11.1 Å². The van der Waals surface area contributed by atoms with E-state index in [-0.39, 0.29) is 0 Å². The van der Waals surface area contributed by atoms with Gasteiger partial charge in [0.25, 0.3) is 0 Å². The van der Waals surface area contributed by atoms with E-state index in [9.17, 15) is 0 Å². The van der Waals surface area contributed by atoms with E-state index in [0.717, 1.165) is 82.5 Å². The summed E-state index contributed by atoms with van der Waals surface area (Å²) in [4.78, 5) is 15.4. The summed E-state index contributed by atoms with van der Waals surface area (Å²) in [6.45, 7) is 0.